The van der Waals surface area contributed by atoms with Gasteiger partial charge >= 0.3 is 0 Å². The highest BCUT2D eigenvalue weighted by molar-refractivity contribution is 7.09. The second-order valence-electron chi connectivity index (χ2n) is 2.56. The van der Waals surface area contributed by atoms with Crippen molar-refractivity contribution in [3.8, 4) is 0 Å². The summed E-state index contributed by atoms with van der Waals surface area (Å²) in [6, 6.07) is 0. The van der Waals surface area contributed by atoms with Crippen LogP contribution in [0.15, 0.2) is 11.6 Å². The Bertz CT molecular complexity index is 183. The minimum Gasteiger partial charge on any atom is -0.386 e. The van der Waals surface area contributed by atoms with Crippen molar-refractivity contribution < 1.29 is 5.11 Å². The van der Waals surface area contributed by atoms with Gasteiger partial charge in [-0.25, -0.2) is 4.98 Å². The maximum atomic E-state index is 9.43. The molecule has 1 rings (SSSR count). The summed E-state index contributed by atoms with van der Waals surface area (Å²) in [7, 11) is 0. The number of hydrogen-bond donors (Lipinski definition) is 1. The molecule has 2 nitrogen and oxygen atoms in total. The lowest BCUT2D eigenvalue weighted by Gasteiger charge is -2.09. The molecule has 3 heteroatoms. The molecule has 0 aliphatic carbocycles. The van der Waals surface area contributed by atoms with Crippen molar-refractivity contribution in [3.63, 3.8) is 0 Å². The molecule has 0 radical (unpaired) electrons. The van der Waals surface area contributed by atoms with Gasteiger partial charge in [-0.2, -0.15) is 0 Å². The Labute approximate surface area is 64.5 Å². The first-order valence-electron chi connectivity index (χ1n) is 3.29. The number of thiazole rings is 1. The Balaban J connectivity index is 2.68. The SMILES string of the molecule is CC(C)C(O)c1nccs1. The molecule has 0 spiro atoms. The lowest BCUT2D eigenvalue weighted by Crippen LogP contribution is -2.04. The fourth-order valence-electron chi connectivity index (χ4n) is 0.666. The van der Waals surface area contributed by atoms with Crippen LogP contribution in [0.3, 0.4) is 0 Å². The lowest BCUT2D eigenvalue weighted by molar-refractivity contribution is 0.126. The van der Waals surface area contributed by atoms with Gasteiger partial charge in [0.1, 0.15) is 11.1 Å². The van der Waals surface area contributed by atoms with E-state index >= 15 is 0 Å². The van der Waals surface area contributed by atoms with Crippen molar-refractivity contribution in [2.45, 2.75) is 20.0 Å². The normalized spacial score (nSPS) is 14.0. The van der Waals surface area contributed by atoms with E-state index in [1.54, 1.807) is 6.20 Å². The van der Waals surface area contributed by atoms with Gasteiger partial charge in [0.25, 0.3) is 0 Å². The molecule has 1 N–H and O–H groups in total. The van der Waals surface area contributed by atoms with Crippen molar-refractivity contribution in [3.05, 3.63) is 16.6 Å². The molecule has 1 aromatic rings. The van der Waals surface area contributed by atoms with Gasteiger partial charge in [-0.3, -0.25) is 0 Å². The van der Waals surface area contributed by atoms with Gasteiger partial charge in [-0.05, 0) is 5.92 Å². The van der Waals surface area contributed by atoms with Crippen molar-refractivity contribution in [2.24, 2.45) is 5.92 Å². The molecule has 0 aromatic carbocycles. The standard InChI is InChI=1S/C7H11NOS/c1-5(2)6(9)7-8-3-4-10-7/h3-6,9H,1-2H3. The van der Waals surface area contributed by atoms with Gasteiger partial charge in [0.2, 0.25) is 0 Å². The summed E-state index contributed by atoms with van der Waals surface area (Å²) in [4.78, 5) is 4.01. The fourth-order valence-corrected chi connectivity index (χ4v) is 1.46. The van der Waals surface area contributed by atoms with Gasteiger partial charge in [0, 0.05) is 11.6 Å². The van der Waals surface area contributed by atoms with E-state index in [4.69, 9.17) is 0 Å². The van der Waals surface area contributed by atoms with E-state index in [1.165, 1.54) is 11.3 Å². The quantitative estimate of drug-likeness (QED) is 0.710. The molecule has 0 fully saturated rings. The van der Waals surface area contributed by atoms with Crippen LogP contribution in [0.1, 0.15) is 25.0 Å². The average molecular weight is 157 g/mol. The molecule has 0 bridgehead atoms. The zero-order valence-corrected chi connectivity index (χ0v) is 6.93. The summed E-state index contributed by atoms with van der Waals surface area (Å²) >= 11 is 1.50. The summed E-state index contributed by atoms with van der Waals surface area (Å²) in [5, 5.41) is 12.1. The smallest absolute Gasteiger partial charge is 0.121 e. The topological polar surface area (TPSA) is 33.1 Å². The molecule has 1 atom stereocenters. The molecular formula is C7H11NOS. The van der Waals surface area contributed by atoms with Crippen molar-refractivity contribution in [2.75, 3.05) is 0 Å². The van der Waals surface area contributed by atoms with Crippen LogP contribution in [0.5, 0.6) is 0 Å². The molecule has 10 heavy (non-hydrogen) atoms. The molecule has 0 saturated carbocycles. The third kappa shape index (κ3) is 1.55. The minimum atomic E-state index is -0.389. The van der Waals surface area contributed by atoms with Gasteiger partial charge in [-0.1, -0.05) is 13.8 Å². The first-order valence-corrected chi connectivity index (χ1v) is 4.17. The molecule has 1 aromatic heterocycles. The summed E-state index contributed by atoms with van der Waals surface area (Å²) in [6.07, 6.45) is 1.32. The maximum absolute atomic E-state index is 9.43. The van der Waals surface area contributed by atoms with E-state index in [9.17, 15) is 5.11 Å². The Kier molecular flexibility index (Phi) is 2.40. The molecule has 1 heterocycles. The number of hydrogen-bond acceptors (Lipinski definition) is 3. The fraction of sp³-hybridized carbons (Fsp3) is 0.571. The lowest BCUT2D eigenvalue weighted by atomic mass is 10.1. The number of aliphatic hydroxyl groups excluding tert-OH is 1. The third-order valence-corrected chi connectivity index (χ3v) is 2.18. The van der Waals surface area contributed by atoms with E-state index in [0.29, 0.717) is 0 Å². The number of nitrogens with zero attached hydrogens (tertiary/aromatic N) is 1. The summed E-state index contributed by atoms with van der Waals surface area (Å²) in [5.74, 6) is 0.256. The Morgan fingerprint density at radius 3 is 2.70 bits per heavy atom. The van der Waals surface area contributed by atoms with Crippen LogP contribution in [-0.4, -0.2) is 10.1 Å². The van der Waals surface area contributed by atoms with Crippen molar-refractivity contribution in [1.29, 1.82) is 0 Å². The zero-order valence-electron chi connectivity index (χ0n) is 6.11. The van der Waals surface area contributed by atoms with E-state index in [1.807, 2.05) is 19.2 Å². The van der Waals surface area contributed by atoms with Gasteiger partial charge in [0.05, 0.1) is 0 Å². The van der Waals surface area contributed by atoms with Crippen LogP contribution in [0, 0.1) is 5.92 Å². The van der Waals surface area contributed by atoms with Crippen LogP contribution in [0.2, 0.25) is 0 Å². The van der Waals surface area contributed by atoms with Crippen LogP contribution in [-0.2, 0) is 0 Å². The second-order valence-corrected chi connectivity index (χ2v) is 3.49. The zero-order chi connectivity index (χ0) is 7.56. The first-order chi connectivity index (χ1) is 4.72. The van der Waals surface area contributed by atoms with E-state index in [0.717, 1.165) is 5.01 Å². The number of aliphatic hydroxyl groups is 1. The Morgan fingerprint density at radius 2 is 2.30 bits per heavy atom. The predicted molar refractivity (Wildman–Crippen MR) is 41.9 cm³/mol. The van der Waals surface area contributed by atoms with Crippen molar-refractivity contribution in [1.82, 2.24) is 4.98 Å². The van der Waals surface area contributed by atoms with Gasteiger partial charge in [0.15, 0.2) is 0 Å². The Morgan fingerprint density at radius 1 is 1.60 bits per heavy atom. The highest BCUT2D eigenvalue weighted by atomic mass is 32.1. The molecule has 1 unspecified atom stereocenters. The maximum Gasteiger partial charge on any atom is 0.121 e. The van der Waals surface area contributed by atoms with Gasteiger partial charge < -0.3 is 5.11 Å². The van der Waals surface area contributed by atoms with Gasteiger partial charge in [-0.15, -0.1) is 11.3 Å². The summed E-state index contributed by atoms with van der Waals surface area (Å²) < 4.78 is 0. The van der Waals surface area contributed by atoms with Crippen LogP contribution in [0.25, 0.3) is 0 Å². The van der Waals surface area contributed by atoms with Crippen LogP contribution < -0.4 is 0 Å². The highest BCUT2D eigenvalue weighted by Gasteiger charge is 2.13. The largest absolute Gasteiger partial charge is 0.386 e. The molecule has 0 aliphatic heterocycles. The first kappa shape index (κ1) is 7.69. The molecular weight excluding hydrogens is 146 g/mol. The summed E-state index contributed by atoms with van der Waals surface area (Å²) in [5.41, 5.74) is 0. The third-order valence-electron chi connectivity index (χ3n) is 1.34. The molecule has 0 amide bonds. The monoisotopic (exact) mass is 157 g/mol. The number of aromatic nitrogens is 1. The average Bonchev–Trinajstić information content (AvgIpc) is 2.36. The number of rotatable bonds is 2. The van der Waals surface area contributed by atoms with E-state index in [-0.39, 0.29) is 12.0 Å². The molecule has 0 aliphatic rings. The second kappa shape index (κ2) is 3.12. The van der Waals surface area contributed by atoms with Crippen LogP contribution >= 0.6 is 11.3 Å². The molecule has 56 valence electrons. The van der Waals surface area contributed by atoms with E-state index < -0.39 is 0 Å². The van der Waals surface area contributed by atoms with Crippen molar-refractivity contribution >= 4 is 11.3 Å². The predicted octanol–water partition coefficient (Wildman–Crippen LogP) is 1.83. The highest BCUT2D eigenvalue weighted by Crippen LogP contribution is 2.22. The molecule has 0 saturated heterocycles. The van der Waals surface area contributed by atoms with Crippen LogP contribution in [0.4, 0.5) is 0 Å². The Hall–Kier alpha value is -0.410. The minimum absolute atomic E-state index is 0.256. The summed E-state index contributed by atoms with van der Waals surface area (Å²) in [6.45, 7) is 3.96. The van der Waals surface area contributed by atoms with E-state index in [2.05, 4.69) is 4.98 Å².